The van der Waals surface area contributed by atoms with E-state index in [4.69, 9.17) is 16.3 Å². The Morgan fingerprint density at radius 2 is 1.92 bits per heavy atom. The van der Waals surface area contributed by atoms with Crippen LogP contribution < -0.4 is 20.3 Å². The molecule has 0 fully saturated rings. The number of hydrogen-bond donors (Lipinski definition) is 2. The number of sulfonamides is 1. The first-order valence-electron chi connectivity index (χ1n) is 11.8. The normalized spacial score (nSPS) is 12.2. The van der Waals surface area contributed by atoms with E-state index in [1.54, 1.807) is 32.2 Å². The number of nitrogens with one attached hydrogen (secondary N) is 2. The number of halogens is 2. The molecule has 0 aliphatic carbocycles. The maximum Gasteiger partial charge on any atom is 0.263 e. The number of methoxy groups -OCH3 is 1. The zero-order valence-corrected chi connectivity index (χ0v) is 22.8. The van der Waals surface area contributed by atoms with Crippen LogP contribution in [0.4, 0.5) is 10.1 Å². The van der Waals surface area contributed by atoms with Gasteiger partial charge in [0.05, 0.1) is 29.4 Å². The van der Waals surface area contributed by atoms with E-state index < -0.39 is 15.8 Å². The van der Waals surface area contributed by atoms with Crippen LogP contribution in [-0.2, 0) is 21.4 Å². The largest absolute Gasteiger partial charge is 0.480 e. The highest BCUT2D eigenvalue weighted by Gasteiger charge is 2.21. The number of aromatic nitrogens is 3. The van der Waals surface area contributed by atoms with E-state index in [-0.39, 0.29) is 38.9 Å². The monoisotopic (exact) mass is 573 g/mol. The van der Waals surface area contributed by atoms with Gasteiger partial charge in [0.1, 0.15) is 16.4 Å². The summed E-state index contributed by atoms with van der Waals surface area (Å²) in [6, 6.07) is 9.49. The summed E-state index contributed by atoms with van der Waals surface area (Å²) in [7, 11) is -1.33. The summed E-state index contributed by atoms with van der Waals surface area (Å²) in [6.45, 7) is 2.09. The summed E-state index contributed by atoms with van der Waals surface area (Å²) in [5, 5.41) is 2.65. The van der Waals surface area contributed by atoms with Gasteiger partial charge in [-0.2, -0.15) is 0 Å². The molecule has 204 valence electrons. The fourth-order valence-corrected chi connectivity index (χ4v) is 5.53. The zero-order valence-electron chi connectivity index (χ0n) is 21.2. The summed E-state index contributed by atoms with van der Waals surface area (Å²) in [5.41, 5.74) is 1.28. The summed E-state index contributed by atoms with van der Waals surface area (Å²) in [5.74, 6) is -1.07. The second-order valence-electron chi connectivity index (χ2n) is 8.74. The minimum Gasteiger partial charge on any atom is -0.480 e. The van der Waals surface area contributed by atoms with E-state index in [0.717, 1.165) is 18.2 Å². The van der Waals surface area contributed by atoms with Crippen LogP contribution in [0.15, 0.2) is 64.7 Å². The van der Waals surface area contributed by atoms with Gasteiger partial charge in [0.2, 0.25) is 11.8 Å². The molecule has 39 heavy (non-hydrogen) atoms. The van der Waals surface area contributed by atoms with Gasteiger partial charge in [-0.05, 0) is 48.4 Å². The minimum absolute atomic E-state index is 0.00407. The molecular weight excluding hydrogens is 549 g/mol. The van der Waals surface area contributed by atoms with Gasteiger partial charge in [0, 0.05) is 31.3 Å². The molecule has 2 heterocycles. The molecule has 0 aliphatic heterocycles. The Balaban J connectivity index is 1.69. The molecule has 0 radical (unpaired) electrons. The molecule has 13 heteroatoms. The molecule has 4 rings (SSSR count). The predicted molar refractivity (Wildman–Crippen MR) is 146 cm³/mol. The molecule has 0 unspecified atom stereocenters. The Bertz CT molecular complexity index is 1730. The summed E-state index contributed by atoms with van der Waals surface area (Å²) in [4.78, 5) is 33.2. The average Bonchev–Trinajstić information content (AvgIpc) is 2.91. The number of fused-ring (bicyclic) bond motifs is 1. The number of ether oxygens (including phenoxy) is 1. The smallest absolute Gasteiger partial charge is 0.263 e. The van der Waals surface area contributed by atoms with Gasteiger partial charge in [-0.15, -0.1) is 0 Å². The van der Waals surface area contributed by atoms with E-state index in [0.29, 0.717) is 35.0 Å². The third kappa shape index (κ3) is 6.02. The third-order valence-electron chi connectivity index (χ3n) is 6.13. The van der Waals surface area contributed by atoms with Crippen LogP contribution in [0.2, 0.25) is 5.02 Å². The third-order valence-corrected chi connectivity index (χ3v) is 7.98. The molecule has 0 bridgehead atoms. The second-order valence-corrected chi connectivity index (χ2v) is 10.8. The molecule has 0 aliphatic rings. The second kappa shape index (κ2) is 11.4. The molecule has 10 nitrogen and oxygen atoms in total. The highest BCUT2D eigenvalue weighted by molar-refractivity contribution is 7.92. The number of hydrogen-bond acceptors (Lipinski definition) is 7. The van der Waals surface area contributed by atoms with Gasteiger partial charge in [-0.3, -0.25) is 18.9 Å². The van der Waals surface area contributed by atoms with Crippen LogP contribution >= 0.6 is 11.6 Å². The highest BCUT2D eigenvalue weighted by Crippen LogP contribution is 2.32. The summed E-state index contributed by atoms with van der Waals surface area (Å²) >= 11 is 5.96. The molecule has 0 spiro atoms. The summed E-state index contributed by atoms with van der Waals surface area (Å²) in [6.07, 6.45) is 3.38. The van der Waals surface area contributed by atoms with Crippen LogP contribution in [0.5, 0.6) is 5.88 Å². The number of anilines is 1. The van der Waals surface area contributed by atoms with E-state index in [9.17, 15) is 22.4 Å². The van der Waals surface area contributed by atoms with E-state index in [1.807, 2.05) is 0 Å². The molecule has 2 aromatic heterocycles. The van der Waals surface area contributed by atoms with Gasteiger partial charge in [0.15, 0.2) is 0 Å². The number of carbonyl (C=O) groups excluding carboxylic acids is 1. The van der Waals surface area contributed by atoms with Crippen molar-refractivity contribution in [3.8, 4) is 17.0 Å². The first kappa shape index (κ1) is 28.0. The van der Waals surface area contributed by atoms with Gasteiger partial charge in [-0.25, -0.2) is 22.8 Å². The molecule has 2 N–H and O–H groups in total. The number of pyridine rings is 1. The lowest BCUT2D eigenvalue weighted by molar-refractivity contribution is -0.124. The zero-order chi connectivity index (χ0) is 28.3. The Labute approximate surface area is 228 Å². The maximum absolute atomic E-state index is 13.4. The topological polar surface area (TPSA) is 132 Å². The van der Waals surface area contributed by atoms with Crippen molar-refractivity contribution in [3.63, 3.8) is 0 Å². The standard InChI is InChI=1S/C26H25ClFN5O5S/c1-15(24(34)29-2)8-9-33-14-31-21-6-4-16(10-19(21)26(33)35)17-11-22(25(38-3)30-13-17)32-39(36,37)23-7-5-18(28)12-20(23)27/h4-7,10-15,32H,8-9H2,1-3H3,(H,29,34)/t15-/m0/s1. The molecule has 0 saturated carbocycles. The lowest BCUT2D eigenvalue weighted by Gasteiger charge is -2.14. The van der Waals surface area contributed by atoms with Crippen LogP contribution in [0, 0.1) is 11.7 Å². The van der Waals surface area contributed by atoms with E-state index in [2.05, 4.69) is 20.0 Å². The minimum atomic E-state index is -4.22. The summed E-state index contributed by atoms with van der Waals surface area (Å²) < 4.78 is 48.5. The molecule has 4 aromatic rings. The number of carbonyl (C=O) groups is 1. The van der Waals surface area contributed by atoms with Crippen molar-refractivity contribution in [3.05, 3.63) is 76.2 Å². The predicted octanol–water partition coefficient (Wildman–Crippen LogP) is 3.83. The van der Waals surface area contributed by atoms with Crippen molar-refractivity contribution in [1.82, 2.24) is 19.9 Å². The fourth-order valence-electron chi connectivity index (χ4n) is 3.95. The highest BCUT2D eigenvalue weighted by atomic mass is 35.5. The van der Waals surface area contributed by atoms with Gasteiger partial charge in [0.25, 0.3) is 15.6 Å². The van der Waals surface area contributed by atoms with Crippen molar-refractivity contribution in [2.24, 2.45) is 5.92 Å². The first-order valence-corrected chi connectivity index (χ1v) is 13.6. The lowest BCUT2D eigenvalue weighted by Crippen LogP contribution is -2.28. The fraction of sp³-hybridized carbons (Fsp3) is 0.231. The van der Waals surface area contributed by atoms with Gasteiger partial charge >= 0.3 is 0 Å². The van der Waals surface area contributed by atoms with E-state index in [1.165, 1.54) is 30.3 Å². The number of nitrogens with zero attached hydrogens (tertiary/aromatic N) is 3. The van der Waals surface area contributed by atoms with Gasteiger partial charge in [-0.1, -0.05) is 24.6 Å². The SMILES string of the molecule is CNC(=O)[C@@H](C)CCn1cnc2ccc(-c3cnc(OC)c(NS(=O)(=O)c4ccc(F)cc4Cl)c3)cc2c1=O. The quantitative estimate of drug-likeness (QED) is 0.311. The Morgan fingerprint density at radius 3 is 2.62 bits per heavy atom. The van der Waals surface area contributed by atoms with Crippen LogP contribution in [0.1, 0.15) is 13.3 Å². The van der Waals surface area contributed by atoms with Gasteiger partial charge < -0.3 is 10.1 Å². The molecule has 0 saturated heterocycles. The van der Waals surface area contributed by atoms with E-state index >= 15 is 0 Å². The maximum atomic E-state index is 13.4. The van der Waals surface area contributed by atoms with Crippen molar-refractivity contribution >= 4 is 44.1 Å². The van der Waals surface area contributed by atoms with Crippen molar-refractivity contribution in [1.29, 1.82) is 0 Å². The lowest BCUT2D eigenvalue weighted by atomic mass is 10.0. The number of rotatable bonds is 9. The van der Waals surface area contributed by atoms with Crippen LogP contribution in [-0.4, -0.2) is 43.0 Å². The Hall–Kier alpha value is -4.03. The number of aryl methyl sites for hydroxylation is 1. The van der Waals surface area contributed by atoms with Crippen molar-refractivity contribution in [2.75, 3.05) is 18.9 Å². The molecule has 1 atom stereocenters. The Kier molecular flexibility index (Phi) is 8.17. The number of amides is 1. The molecule has 2 aromatic carbocycles. The van der Waals surface area contributed by atoms with Crippen LogP contribution in [0.3, 0.4) is 0 Å². The number of benzene rings is 2. The average molecular weight is 574 g/mol. The van der Waals surface area contributed by atoms with Crippen LogP contribution in [0.25, 0.3) is 22.0 Å². The molecule has 1 amide bonds. The van der Waals surface area contributed by atoms with Crippen molar-refractivity contribution < 1.29 is 22.3 Å². The Morgan fingerprint density at radius 1 is 1.15 bits per heavy atom. The molecular formula is C26H25ClFN5O5S. The first-order chi connectivity index (χ1) is 18.5. The van der Waals surface area contributed by atoms with Crippen molar-refractivity contribution in [2.45, 2.75) is 24.8 Å².